The van der Waals surface area contributed by atoms with Crippen molar-refractivity contribution in [2.45, 2.75) is 13.0 Å². The lowest BCUT2D eigenvalue weighted by Crippen LogP contribution is -2.44. The molecule has 2 heterocycles. The minimum absolute atomic E-state index is 0.268. The van der Waals surface area contributed by atoms with Crippen molar-refractivity contribution >= 4 is 29.4 Å². The Morgan fingerprint density at radius 3 is 2.39 bits per heavy atom. The predicted molar refractivity (Wildman–Crippen MR) is 124 cm³/mol. The predicted octanol–water partition coefficient (Wildman–Crippen LogP) is 2.91. The van der Waals surface area contributed by atoms with Crippen LogP contribution in [0, 0.1) is 0 Å². The number of anilines is 3. The van der Waals surface area contributed by atoms with Gasteiger partial charge in [-0.2, -0.15) is 15.0 Å². The number of piperazine rings is 1. The van der Waals surface area contributed by atoms with E-state index in [1.807, 2.05) is 36.4 Å². The van der Waals surface area contributed by atoms with Crippen LogP contribution >= 0.6 is 11.6 Å². The molecule has 8 nitrogen and oxygen atoms in total. The van der Waals surface area contributed by atoms with Gasteiger partial charge in [0.25, 0.3) is 0 Å². The average molecular weight is 440 g/mol. The molecule has 0 unspecified atom stereocenters. The molecule has 1 aliphatic rings. The number of phenolic OH excluding ortho intramolecular Hbond substituents is 1. The minimum Gasteiger partial charge on any atom is -0.508 e. The van der Waals surface area contributed by atoms with Crippen LogP contribution in [0.25, 0.3) is 0 Å². The van der Waals surface area contributed by atoms with E-state index in [0.29, 0.717) is 36.0 Å². The molecule has 1 fully saturated rings. The van der Waals surface area contributed by atoms with Crippen molar-refractivity contribution in [3.63, 3.8) is 0 Å². The molecule has 4 N–H and O–H groups in total. The Hall–Kier alpha value is -3.10. The fourth-order valence-electron chi connectivity index (χ4n) is 3.33. The number of aromatic nitrogens is 3. The SMILES string of the molecule is Oc1ccc(CCNc2nc(NCc3ccccc3Cl)nc(N3CCNCC3)n2)cc1. The molecule has 1 saturated heterocycles. The second-order valence-electron chi connectivity index (χ2n) is 7.31. The van der Waals surface area contributed by atoms with Crippen molar-refractivity contribution in [1.82, 2.24) is 20.3 Å². The Labute approximate surface area is 186 Å². The van der Waals surface area contributed by atoms with Gasteiger partial charge in [-0.1, -0.05) is 41.9 Å². The van der Waals surface area contributed by atoms with Crippen molar-refractivity contribution in [1.29, 1.82) is 0 Å². The Bertz CT molecular complexity index is 993. The first-order chi connectivity index (χ1) is 15.2. The number of nitrogens with zero attached hydrogens (tertiary/aromatic N) is 4. The lowest BCUT2D eigenvalue weighted by atomic mass is 10.1. The number of hydrogen-bond donors (Lipinski definition) is 4. The van der Waals surface area contributed by atoms with Crippen LogP contribution in [-0.4, -0.2) is 52.8 Å². The summed E-state index contributed by atoms with van der Waals surface area (Å²) in [4.78, 5) is 16.0. The maximum Gasteiger partial charge on any atom is 0.232 e. The second kappa shape index (κ2) is 10.3. The quantitative estimate of drug-likeness (QED) is 0.425. The van der Waals surface area contributed by atoms with Gasteiger partial charge in [-0.15, -0.1) is 0 Å². The summed E-state index contributed by atoms with van der Waals surface area (Å²) in [5.74, 6) is 1.97. The second-order valence-corrected chi connectivity index (χ2v) is 7.72. The van der Waals surface area contributed by atoms with E-state index < -0.39 is 0 Å². The van der Waals surface area contributed by atoms with E-state index in [0.717, 1.165) is 43.7 Å². The highest BCUT2D eigenvalue weighted by atomic mass is 35.5. The van der Waals surface area contributed by atoms with Crippen molar-refractivity contribution in [3.05, 3.63) is 64.7 Å². The Morgan fingerprint density at radius 2 is 1.65 bits per heavy atom. The van der Waals surface area contributed by atoms with Crippen molar-refractivity contribution < 1.29 is 5.11 Å². The van der Waals surface area contributed by atoms with Crippen LogP contribution in [-0.2, 0) is 13.0 Å². The monoisotopic (exact) mass is 439 g/mol. The minimum atomic E-state index is 0.268. The number of phenols is 1. The molecule has 0 spiro atoms. The molecule has 0 amide bonds. The maximum atomic E-state index is 9.43. The summed E-state index contributed by atoms with van der Waals surface area (Å²) in [7, 11) is 0. The Balaban J connectivity index is 1.46. The van der Waals surface area contributed by atoms with Gasteiger partial charge in [0.2, 0.25) is 17.8 Å². The molecular formula is C22H26ClN7O. The highest BCUT2D eigenvalue weighted by molar-refractivity contribution is 6.31. The van der Waals surface area contributed by atoms with Gasteiger partial charge < -0.3 is 26.0 Å². The fraction of sp³-hybridized carbons (Fsp3) is 0.318. The summed E-state index contributed by atoms with van der Waals surface area (Å²) >= 11 is 6.27. The van der Waals surface area contributed by atoms with Crippen LogP contribution in [0.3, 0.4) is 0 Å². The van der Waals surface area contributed by atoms with Crippen LogP contribution in [0.5, 0.6) is 5.75 Å². The summed E-state index contributed by atoms with van der Waals surface area (Å²) < 4.78 is 0. The van der Waals surface area contributed by atoms with Crippen LogP contribution in [0.15, 0.2) is 48.5 Å². The molecule has 162 valence electrons. The van der Waals surface area contributed by atoms with E-state index in [1.54, 1.807) is 12.1 Å². The van der Waals surface area contributed by atoms with Gasteiger partial charge in [-0.05, 0) is 35.7 Å². The number of rotatable bonds is 8. The summed E-state index contributed by atoms with van der Waals surface area (Å²) in [6.07, 6.45) is 0.789. The summed E-state index contributed by atoms with van der Waals surface area (Å²) in [6.45, 7) is 4.69. The largest absolute Gasteiger partial charge is 0.508 e. The highest BCUT2D eigenvalue weighted by Crippen LogP contribution is 2.18. The first kappa shape index (κ1) is 21.1. The van der Waals surface area contributed by atoms with Gasteiger partial charge in [0.15, 0.2) is 0 Å². The molecule has 0 radical (unpaired) electrons. The first-order valence-corrected chi connectivity index (χ1v) is 10.8. The van der Waals surface area contributed by atoms with Crippen LogP contribution < -0.4 is 20.9 Å². The van der Waals surface area contributed by atoms with Gasteiger partial charge >= 0.3 is 0 Å². The smallest absolute Gasteiger partial charge is 0.232 e. The fourth-order valence-corrected chi connectivity index (χ4v) is 3.53. The molecule has 0 bridgehead atoms. The molecule has 3 aromatic rings. The first-order valence-electron chi connectivity index (χ1n) is 10.4. The molecule has 4 rings (SSSR count). The molecule has 31 heavy (non-hydrogen) atoms. The third-order valence-electron chi connectivity index (χ3n) is 5.05. The average Bonchev–Trinajstić information content (AvgIpc) is 2.80. The van der Waals surface area contributed by atoms with Gasteiger partial charge in [0.05, 0.1) is 0 Å². The van der Waals surface area contributed by atoms with Gasteiger partial charge in [-0.3, -0.25) is 0 Å². The number of nitrogens with one attached hydrogen (secondary N) is 3. The zero-order chi connectivity index (χ0) is 21.5. The topological polar surface area (TPSA) is 98.2 Å². The molecule has 0 saturated carbocycles. The number of hydrogen-bond acceptors (Lipinski definition) is 8. The molecule has 1 aliphatic heterocycles. The maximum absolute atomic E-state index is 9.43. The zero-order valence-corrected chi connectivity index (χ0v) is 17.9. The molecule has 9 heteroatoms. The van der Waals surface area contributed by atoms with Crippen LogP contribution in [0.4, 0.5) is 17.8 Å². The summed E-state index contributed by atoms with van der Waals surface area (Å²) in [5, 5.41) is 20.1. The van der Waals surface area contributed by atoms with Crippen LogP contribution in [0.2, 0.25) is 5.02 Å². The van der Waals surface area contributed by atoms with Crippen LogP contribution in [0.1, 0.15) is 11.1 Å². The molecular weight excluding hydrogens is 414 g/mol. The lowest BCUT2D eigenvalue weighted by Gasteiger charge is -2.27. The Morgan fingerprint density at radius 1 is 0.935 bits per heavy atom. The van der Waals surface area contributed by atoms with E-state index in [1.165, 1.54) is 0 Å². The van der Waals surface area contributed by atoms with E-state index in [-0.39, 0.29) is 5.75 Å². The summed E-state index contributed by atoms with van der Waals surface area (Å²) in [5.41, 5.74) is 2.11. The number of aromatic hydroxyl groups is 1. The van der Waals surface area contributed by atoms with E-state index in [4.69, 9.17) is 11.6 Å². The number of benzene rings is 2. The highest BCUT2D eigenvalue weighted by Gasteiger charge is 2.16. The standard InChI is InChI=1S/C22H26ClN7O/c23-19-4-2-1-3-17(19)15-26-21-27-20(25-10-9-16-5-7-18(31)8-6-16)28-22(29-21)30-13-11-24-12-14-30/h1-8,24,31H,9-15H2,(H2,25,26,27,28,29). The van der Waals surface area contributed by atoms with Crippen molar-refractivity contribution in [2.75, 3.05) is 48.3 Å². The molecule has 0 atom stereocenters. The van der Waals surface area contributed by atoms with Gasteiger partial charge in [0, 0.05) is 44.3 Å². The zero-order valence-electron chi connectivity index (χ0n) is 17.2. The van der Waals surface area contributed by atoms with E-state index >= 15 is 0 Å². The summed E-state index contributed by atoms with van der Waals surface area (Å²) in [6, 6.07) is 14.9. The number of halogens is 1. The molecule has 1 aromatic heterocycles. The third kappa shape index (κ3) is 5.96. The normalized spacial score (nSPS) is 13.8. The van der Waals surface area contributed by atoms with Gasteiger partial charge in [-0.25, -0.2) is 0 Å². The van der Waals surface area contributed by atoms with Crippen molar-refractivity contribution in [2.24, 2.45) is 0 Å². The molecule has 2 aromatic carbocycles. The Kier molecular flexibility index (Phi) is 7.01. The van der Waals surface area contributed by atoms with E-state index in [9.17, 15) is 5.11 Å². The molecule has 0 aliphatic carbocycles. The third-order valence-corrected chi connectivity index (χ3v) is 5.42. The van der Waals surface area contributed by atoms with Crippen molar-refractivity contribution in [3.8, 4) is 5.75 Å². The van der Waals surface area contributed by atoms with E-state index in [2.05, 4.69) is 35.8 Å². The lowest BCUT2D eigenvalue weighted by molar-refractivity contribution is 0.475. The van der Waals surface area contributed by atoms with Gasteiger partial charge in [0.1, 0.15) is 5.75 Å².